The average molecular weight is 586 g/mol. The third-order valence-corrected chi connectivity index (χ3v) is 9.61. The van der Waals surface area contributed by atoms with E-state index in [9.17, 15) is 27.6 Å². The zero-order chi connectivity index (χ0) is 29.3. The van der Waals surface area contributed by atoms with Crippen molar-refractivity contribution in [3.05, 3.63) is 46.6 Å². The number of carbonyl (C=O) groups excluding carboxylic acids is 3. The lowest BCUT2D eigenvalue weighted by Crippen LogP contribution is -2.56. The smallest absolute Gasteiger partial charge is 0.381 e. The van der Waals surface area contributed by atoms with Crippen molar-refractivity contribution in [2.24, 2.45) is 11.8 Å². The molecule has 42 heavy (non-hydrogen) atoms. The number of fused-ring (bicyclic) bond motifs is 2. The number of likely N-dealkylation sites (tertiary alicyclic amines) is 1. The van der Waals surface area contributed by atoms with Gasteiger partial charge in [-0.25, -0.2) is 4.68 Å². The molecule has 0 spiro atoms. The van der Waals surface area contributed by atoms with E-state index in [1.807, 2.05) is 16.5 Å². The van der Waals surface area contributed by atoms with Gasteiger partial charge in [-0.1, -0.05) is 6.07 Å². The Morgan fingerprint density at radius 3 is 2.48 bits per heavy atom. The minimum atomic E-state index is -4.61. The van der Waals surface area contributed by atoms with Crippen LogP contribution in [0.2, 0.25) is 0 Å². The second-order valence-electron chi connectivity index (χ2n) is 12.2. The number of ether oxygens (including phenoxy) is 1. The number of amides is 3. The van der Waals surface area contributed by atoms with E-state index in [-0.39, 0.29) is 41.9 Å². The van der Waals surface area contributed by atoms with Crippen molar-refractivity contribution in [1.82, 2.24) is 20.0 Å². The fraction of sp³-hybridized carbons (Fsp3) is 0.600. The van der Waals surface area contributed by atoms with Gasteiger partial charge in [0, 0.05) is 49.4 Å². The number of piperidine rings is 1. The second kappa shape index (κ2) is 10.1. The SMILES string of the molecule is CCN1C(=O)C(NC(=O)c2cccc(C(F)(F)F)c2)C(C2CC2)c2c(C(=O)N3CCC4CC43)nn(C3CCOCC3)c21. The monoisotopic (exact) mass is 585 g/mol. The van der Waals surface area contributed by atoms with Gasteiger partial charge in [-0.3, -0.25) is 19.3 Å². The molecule has 0 bridgehead atoms. The van der Waals surface area contributed by atoms with Crippen molar-refractivity contribution in [2.45, 2.75) is 75.7 Å². The number of halogens is 3. The summed E-state index contributed by atoms with van der Waals surface area (Å²) in [5.74, 6) is -0.533. The number of carbonyl (C=O) groups is 3. The highest BCUT2D eigenvalue weighted by Gasteiger charge is 2.54. The van der Waals surface area contributed by atoms with Crippen molar-refractivity contribution in [3.8, 4) is 0 Å². The molecule has 4 fully saturated rings. The number of hydrogen-bond acceptors (Lipinski definition) is 5. The Hall–Kier alpha value is -3.41. The van der Waals surface area contributed by atoms with Crippen LogP contribution in [0.25, 0.3) is 0 Å². The minimum Gasteiger partial charge on any atom is -0.381 e. The summed E-state index contributed by atoms with van der Waals surface area (Å²) in [4.78, 5) is 45.2. The number of alkyl halides is 3. The zero-order valence-electron chi connectivity index (χ0n) is 23.4. The van der Waals surface area contributed by atoms with Gasteiger partial charge in [0.1, 0.15) is 11.9 Å². The van der Waals surface area contributed by atoms with E-state index in [0.29, 0.717) is 55.6 Å². The van der Waals surface area contributed by atoms with Gasteiger partial charge in [0.15, 0.2) is 5.69 Å². The molecule has 2 saturated heterocycles. The van der Waals surface area contributed by atoms with Crippen molar-refractivity contribution in [2.75, 3.05) is 31.2 Å². The number of rotatable bonds is 6. The Balaban J connectivity index is 1.31. The standard InChI is InChI=1S/C30H34F3N5O4/c1-2-36-27-23(25(29(41)37-11-8-17-15-21(17)37)35-38(27)20-9-12-42-13-10-20)22(16-6-7-16)24(28(36)40)34-26(39)18-4-3-5-19(14-18)30(31,32)33/h3-5,14,16-17,20-22,24H,2,6-13,15H2,1H3,(H,34,39). The molecule has 1 N–H and O–H groups in total. The van der Waals surface area contributed by atoms with Crippen LogP contribution in [0.4, 0.5) is 19.0 Å². The molecule has 5 aliphatic rings. The predicted octanol–water partition coefficient (Wildman–Crippen LogP) is 4.15. The first-order valence-electron chi connectivity index (χ1n) is 15.0. The molecule has 3 aliphatic heterocycles. The van der Waals surface area contributed by atoms with Crippen molar-refractivity contribution >= 4 is 23.5 Å². The highest BCUT2D eigenvalue weighted by Crippen LogP contribution is 2.53. The van der Waals surface area contributed by atoms with Gasteiger partial charge in [-0.2, -0.15) is 18.3 Å². The molecule has 9 nitrogen and oxygen atoms in total. The van der Waals surface area contributed by atoms with Gasteiger partial charge in [0.25, 0.3) is 17.7 Å². The number of nitrogens with one attached hydrogen (secondary N) is 1. The van der Waals surface area contributed by atoms with E-state index in [4.69, 9.17) is 9.84 Å². The third-order valence-electron chi connectivity index (χ3n) is 9.61. The zero-order valence-corrected chi connectivity index (χ0v) is 23.4. The van der Waals surface area contributed by atoms with Crippen molar-refractivity contribution in [1.29, 1.82) is 0 Å². The van der Waals surface area contributed by atoms with Crippen molar-refractivity contribution < 1.29 is 32.3 Å². The highest BCUT2D eigenvalue weighted by molar-refractivity contribution is 6.07. The molecular weight excluding hydrogens is 551 g/mol. The fourth-order valence-electron chi connectivity index (χ4n) is 7.21. The van der Waals surface area contributed by atoms with Crippen LogP contribution in [-0.2, 0) is 15.7 Å². The Morgan fingerprint density at radius 1 is 1.10 bits per heavy atom. The van der Waals surface area contributed by atoms with Gasteiger partial charge in [0.05, 0.1) is 11.6 Å². The lowest BCUT2D eigenvalue weighted by atomic mass is 9.82. The van der Waals surface area contributed by atoms with E-state index < -0.39 is 29.6 Å². The predicted molar refractivity (Wildman–Crippen MR) is 145 cm³/mol. The van der Waals surface area contributed by atoms with Crippen LogP contribution in [-0.4, -0.2) is 70.8 Å². The Morgan fingerprint density at radius 2 is 1.86 bits per heavy atom. The van der Waals surface area contributed by atoms with E-state index in [1.165, 1.54) is 12.1 Å². The first kappa shape index (κ1) is 27.4. The summed E-state index contributed by atoms with van der Waals surface area (Å²) in [6.45, 7) is 3.91. The summed E-state index contributed by atoms with van der Waals surface area (Å²) in [6, 6.07) is 3.36. The van der Waals surface area contributed by atoms with Gasteiger partial charge in [0.2, 0.25) is 0 Å². The maximum absolute atomic E-state index is 14.2. The molecule has 1 aromatic heterocycles. The summed E-state index contributed by atoms with van der Waals surface area (Å²) in [6.07, 6.45) is 0.410. The van der Waals surface area contributed by atoms with Crippen LogP contribution in [0.15, 0.2) is 24.3 Å². The number of anilines is 1. The molecule has 4 atom stereocenters. The number of aromatic nitrogens is 2. The van der Waals surface area contributed by atoms with Gasteiger partial charge in [-0.15, -0.1) is 0 Å². The molecule has 2 aromatic rings. The fourth-order valence-corrected chi connectivity index (χ4v) is 7.21. The first-order valence-corrected chi connectivity index (χ1v) is 15.0. The number of likely N-dealkylation sites (N-methyl/N-ethyl adjacent to an activating group) is 1. The molecule has 1 aromatic carbocycles. The summed E-state index contributed by atoms with van der Waals surface area (Å²) >= 11 is 0. The third kappa shape index (κ3) is 4.58. The Kier molecular flexibility index (Phi) is 6.59. The van der Waals surface area contributed by atoms with Crippen LogP contribution < -0.4 is 10.2 Å². The van der Waals surface area contributed by atoms with E-state index >= 15 is 0 Å². The number of nitrogens with zero attached hydrogens (tertiary/aromatic N) is 4. The molecule has 2 aliphatic carbocycles. The summed E-state index contributed by atoms with van der Waals surface area (Å²) < 4.78 is 47.6. The summed E-state index contributed by atoms with van der Waals surface area (Å²) in [5.41, 5.74) is -0.0814. The second-order valence-corrected chi connectivity index (χ2v) is 12.2. The highest BCUT2D eigenvalue weighted by atomic mass is 19.4. The van der Waals surface area contributed by atoms with Gasteiger partial charge < -0.3 is 15.0 Å². The van der Waals surface area contributed by atoms with Crippen molar-refractivity contribution in [3.63, 3.8) is 0 Å². The molecule has 0 radical (unpaired) electrons. The molecule has 3 amide bonds. The first-order chi connectivity index (χ1) is 20.2. The lowest BCUT2D eigenvalue weighted by Gasteiger charge is -2.39. The lowest BCUT2D eigenvalue weighted by molar-refractivity contribution is -0.137. The average Bonchev–Trinajstić information content (AvgIpc) is 3.90. The molecule has 7 rings (SSSR count). The molecule has 12 heteroatoms. The quantitative estimate of drug-likeness (QED) is 0.550. The summed E-state index contributed by atoms with van der Waals surface area (Å²) in [5, 5.41) is 7.76. The molecule has 2 saturated carbocycles. The topological polar surface area (TPSA) is 96.8 Å². The van der Waals surface area contributed by atoms with Crippen LogP contribution in [0.5, 0.6) is 0 Å². The molecular formula is C30H34F3N5O4. The molecule has 224 valence electrons. The number of hydrogen-bond donors (Lipinski definition) is 1. The maximum Gasteiger partial charge on any atom is 0.416 e. The van der Waals surface area contributed by atoms with Crippen LogP contribution in [0.3, 0.4) is 0 Å². The van der Waals surface area contributed by atoms with Gasteiger partial charge >= 0.3 is 6.18 Å². The van der Waals surface area contributed by atoms with Crippen LogP contribution in [0.1, 0.15) is 89.4 Å². The number of benzene rings is 1. The van der Waals surface area contributed by atoms with E-state index in [1.54, 1.807) is 4.90 Å². The largest absolute Gasteiger partial charge is 0.416 e. The van der Waals surface area contributed by atoms with Crippen LogP contribution in [0, 0.1) is 11.8 Å². The van der Waals surface area contributed by atoms with E-state index in [2.05, 4.69) is 5.32 Å². The Bertz CT molecular complexity index is 1430. The van der Waals surface area contributed by atoms with Gasteiger partial charge in [-0.05, 0) is 75.5 Å². The summed E-state index contributed by atoms with van der Waals surface area (Å²) in [7, 11) is 0. The maximum atomic E-state index is 14.2. The normalized spacial score (nSPS) is 27.6. The Labute approximate surface area is 241 Å². The minimum absolute atomic E-state index is 0.0424. The van der Waals surface area contributed by atoms with Crippen LogP contribution >= 0.6 is 0 Å². The van der Waals surface area contributed by atoms with E-state index in [0.717, 1.165) is 37.8 Å². The molecule has 4 heterocycles. The molecule has 4 unspecified atom stereocenters.